The molecule has 3 rings (SSSR count). The highest BCUT2D eigenvalue weighted by Crippen LogP contribution is 2.62. The zero-order valence-corrected chi connectivity index (χ0v) is 14.2. The van der Waals surface area contributed by atoms with Gasteiger partial charge in [0.1, 0.15) is 5.41 Å². The average Bonchev–Trinajstić information content (AvgIpc) is 2.84. The molecule has 1 amide bonds. The van der Waals surface area contributed by atoms with Crippen molar-refractivity contribution in [2.24, 2.45) is 16.7 Å². The number of ketones is 2. The van der Waals surface area contributed by atoms with Crippen molar-refractivity contribution in [1.29, 1.82) is 0 Å². The number of carbonyl (C=O) groups is 3. The third-order valence-corrected chi connectivity index (χ3v) is 5.97. The van der Waals surface area contributed by atoms with Crippen LogP contribution in [0.15, 0.2) is 18.2 Å². The van der Waals surface area contributed by atoms with Crippen LogP contribution in [-0.2, 0) is 20.6 Å². The fourth-order valence-electron chi connectivity index (χ4n) is 4.11. The van der Waals surface area contributed by atoms with Crippen LogP contribution in [0.2, 0.25) is 5.02 Å². The van der Waals surface area contributed by atoms with Crippen molar-refractivity contribution < 1.29 is 27.6 Å². The number of hydrogen-bond donors (Lipinski definition) is 1. The zero-order chi connectivity index (χ0) is 18.8. The van der Waals surface area contributed by atoms with Gasteiger partial charge in [0.25, 0.3) is 0 Å². The Kier molecular flexibility index (Phi) is 3.80. The molecular formula is C17H15ClF3NO3. The SMILES string of the molecule is CC1(C)[C@@H]2CC[C@@]1(C(=O)Nc1cc(C(F)(F)F)ccc1Cl)C(=O)C2=O. The minimum atomic E-state index is -4.60. The van der Waals surface area contributed by atoms with Gasteiger partial charge in [-0.05, 0) is 36.5 Å². The number of Topliss-reactive ketones (excluding diaryl/α,β-unsaturated/α-hetero) is 2. The van der Waals surface area contributed by atoms with Crippen molar-refractivity contribution in [3.63, 3.8) is 0 Å². The Morgan fingerprint density at radius 1 is 1.28 bits per heavy atom. The van der Waals surface area contributed by atoms with E-state index in [1.165, 1.54) is 0 Å². The van der Waals surface area contributed by atoms with Crippen LogP contribution < -0.4 is 5.32 Å². The van der Waals surface area contributed by atoms with E-state index in [2.05, 4.69) is 5.32 Å². The Morgan fingerprint density at radius 3 is 2.44 bits per heavy atom. The van der Waals surface area contributed by atoms with Crippen LogP contribution in [0.25, 0.3) is 0 Å². The van der Waals surface area contributed by atoms with E-state index in [0.717, 1.165) is 18.2 Å². The summed E-state index contributed by atoms with van der Waals surface area (Å²) >= 11 is 5.90. The number of amides is 1. The topological polar surface area (TPSA) is 63.2 Å². The van der Waals surface area contributed by atoms with E-state index in [9.17, 15) is 27.6 Å². The maximum Gasteiger partial charge on any atom is 0.416 e. The van der Waals surface area contributed by atoms with Gasteiger partial charge in [0, 0.05) is 5.92 Å². The number of rotatable bonds is 2. The molecule has 0 heterocycles. The van der Waals surface area contributed by atoms with Crippen LogP contribution in [0.5, 0.6) is 0 Å². The lowest BCUT2D eigenvalue weighted by Gasteiger charge is -2.34. The Morgan fingerprint density at radius 2 is 1.92 bits per heavy atom. The molecule has 0 radical (unpaired) electrons. The number of hydrogen-bond acceptors (Lipinski definition) is 3. The number of benzene rings is 1. The number of fused-ring (bicyclic) bond motifs is 2. The molecule has 1 N–H and O–H groups in total. The average molecular weight is 374 g/mol. The summed E-state index contributed by atoms with van der Waals surface area (Å²) in [5.74, 6) is -2.67. The van der Waals surface area contributed by atoms with Crippen LogP contribution in [0, 0.1) is 16.7 Å². The fourth-order valence-corrected chi connectivity index (χ4v) is 4.28. The molecule has 1 aromatic carbocycles. The summed E-state index contributed by atoms with van der Waals surface area (Å²) in [5.41, 5.74) is -3.66. The standard InChI is InChI=1S/C17H15ClF3NO3/c1-15(2)9-5-6-16(15,13(24)12(9)23)14(25)22-11-7-8(17(19,20)21)3-4-10(11)18/h3-4,7,9H,5-6H2,1-2H3,(H,22,25)/t9-,16+/m1/s1. The van der Waals surface area contributed by atoms with Crippen LogP contribution in [0.3, 0.4) is 0 Å². The van der Waals surface area contributed by atoms with Gasteiger partial charge in [0.15, 0.2) is 0 Å². The molecule has 4 nitrogen and oxygen atoms in total. The Bertz CT molecular complexity index is 803. The summed E-state index contributed by atoms with van der Waals surface area (Å²) in [5, 5.41) is 2.26. The van der Waals surface area contributed by atoms with Crippen molar-refractivity contribution in [2.75, 3.05) is 5.32 Å². The van der Waals surface area contributed by atoms with E-state index in [-0.39, 0.29) is 17.1 Å². The van der Waals surface area contributed by atoms with Crippen molar-refractivity contribution >= 4 is 34.8 Å². The molecule has 134 valence electrons. The lowest BCUT2D eigenvalue weighted by molar-refractivity contribution is -0.147. The fraction of sp³-hybridized carbons (Fsp3) is 0.471. The molecule has 0 aliphatic heterocycles. The van der Waals surface area contributed by atoms with E-state index in [1.807, 2.05) is 0 Å². The van der Waals surface area contributed by atoms with Gasteiger partial charge >= 0.3 is 6.18 Å². The highest BCUT2D eigenvalue weighted by atomic mass is 35.5. The molecule has 1 aromatic rings. The quantitative estimate of drug-likeness (QED) is 0.632. The number of nitrogens with one attached hydrogen (secondary N) is 1. The maximum atomic E-state index is 12.9. The second kappa shape index (κ2) is 5.30. The number of anilines is 1. The molecule has 2 fully saturated rings. The molecule has 2 bridgehead atoms. The first-order valence-electron chi connectivity index (χ1n) is 7.70. The van der Waals surface area contributed by atoms with Crippen LogP contribution in [0.4, 0.5) is 18.9 Å². The summed E-state index contributed by atoms with van der Waals surface area (Å²) < 4.78 is 38.6. The second-order valence-electron chi connectivity index (χ2n) is 7.06. The van der Waals surface area contributed by atoms with E-state index in [0.29, 0.717) is 6.42 Å². The third-order valence-electron chi connectivity index (χ3n) is 5.64. The van der Waals surface area contributed by atoms with Crippen molar-refractivity contribution in [2.45, 2.75) is 32.9 Å². The molecule has 0 aromatic heterocycles. The van der Waals surface area contributed by atoms with E-state index < -0.39 is 46.0 Å². The van der Waals surface area contributed by atoms with Crippen molar-refractivity contribution in [3.8, 4) is 0 Å². The maximum absolute atomic E-state index is 12.9. The van der Waals surface area contributed by atoms with Gasteiger partial charge in [-0.25, -0.2) is 0 Å². The minimum absolute atomic E-state index is 0.0816. The van der Waals surface area contributed by atoms with Gasteiger partial charge in [-0.15, -0.1) is 0 Å². The summed E-state index contributed by atoms with van der Waals surface area (Å²) in [6.45, 7) is 3.33. The monoisotopic (exact) mass is 373 g/mol. The second-order valence-corrected chi connectivity index (χ2v) is 7.47. The highest BCUT2D eigenvalue weighted by molar-refractivity contribution is 6.48. The van der Waals surface area contributed by atoms with Gasteiger partial charge in [-0.2, -0.15) is 13.2 Å². The van der Waals surface area contributed by atoms with E-state index >= 15 is 0 Å². The largest absolute Gasteiger partial charge is 0.416 e. The molecule has 2 saturated carbocycles. The molecule has 25 heavy (non-hydrogen) atoms. The van der Waals surface area contributed by atoms with Gasteiger partial charge in [0.2, 0.25) is 17.5 Å². The Hall–Kier alpha value is -1.89. The number of carbonyl (C=O) groups excluding carboxylic acids is 3. The first kappa shape index (κ1) is 17.9. The molecule has 2 atom stereocenters. The normalized spacial score (nSPS) is 27.7. The Labute approximate surface area is 146 Å². The Balaban J connectivity index is 1.98. The minimum Gasteiger partial charge on any atom is -0.324 e. The smallest absolute Gasteiger partial charge is 0.324 e. The third kappa shape index (κ3) is 2.32. The van der Waals surface area contributed by atoms with Crippen molar-refractivity contribution in [3.05, 3.63) is 28.8 Å². The first-order chi connectivity index (χ1) is 11.4. The van der Waals surface area contributed by atoms with E-state index in [4.69, 9.17) is 11.6 Å². The molecule has 8 heteroatoms. The molecule has 2 aliphatic carbocycles. The van der Waals surface area contributed by atoms with Gasteiger partial charge < -0.3 is 5.32 Å². The highest BCUT2D eigenvalue weighted by Gasteiger charge is 2.72. The molecule has 0 unspecified atom stereocenters. The van der Waals surface area contributed by atoms with Crippen molar-refractivity contribution in [1.82, 2.24) is 0 Å². The van der Waals surface area contributed by atoms with Gasteiger partial charge in [-0.1, -0.05) is 25.4 Å². The van der Waals surface area contributed by atoms with Gasteiger partial charge in [-0.3, -0.25) is 14.4 Å². The number of alkyl halides is 3. The summed E-state index contributed by atoms with van der Waals surface area (Å²) in [6.07, 6.45) is -4.00. The summed E-state index contributed by atoms with van der Waals surface area (Å²) in [4.78, 5) is 37.4. The molecule has 0 saturated heterocycles. The summed E-state index contributed by atoms with van der Waals surface area (Å²) in [7, 11) is 0. The van der Waals surface area contributed by atoms with Crippen LogP contribution >= 0.6 is 11.6 Å². The molecule has 0 spiro atoms. The predicted octanol–water partition coefficient (Wildman–Crippen LogP) is 3.87. The number of halogens is 4. The predicted molar refractivity (Wildman–Crippen MR) is 84.0 cm³/mol. The zero-order valence-electron chi connectivity index (χ0n) is 13.5. The first-order valence-corrected chi connectivity index (χ1v) is 8.07. The van der Waals surface area contributed by atoms with Crippen LogP contribution in [-0.4, -0.2) is 17.5 Å². The van der Waals surface area contributed by atoms with Gasteiger partial charge in [0.05, 0.1) is 16.3 Å². The molecule has 2 aliphatic rings. The lowest BCUT2D eigenvalue weighted by atomic mass is 9.68. The lowest BCUT2D eigenvalue weighted by Crippen LogP contribution is -2.47. The summed E-state index contributed by atoms with van der Waals surface area (Å²) in [6, 6.07) is 2.55. The molecular weight excluding hydrogens is 359 g/mol. The van der Waals surface area contributed by atoms with Crippen LogP contribution in [0.1, 0.15) is 32.3 Å². The van der Waals surface area contributed by atoms with E-state index in [1.54, 1.807) is 13.8 Å².